The quantitative estimate of drug-likeness (QED) is 0.573. The summed E-state index contributed by atoms with van der Waals surface area (Å²) in [7, 11) is 0. The molecular formula is C15H20O3. The Morgan fingerprint density at radius 2 is 2.11 bits per heavy atom. The molecule has 1 aromatic carbocycles. The van der Waals surface area contributed by atoms with E-state index in [4.69, 9.17) is 9.47 Å². The molecule has 0 amide bonds. The predicted octanol–water partition coefficient (Wildman–Crippen LogP) is 3.15. The van der Waals surface area contributed by atoms with Gasteiger partial charge in [-0.1, -0.05) is 32.4 Å². The Labute approximate surface area is 108 Å². The summed E-state index contributed by atoms with van der Waals surface area (Å²) in [5.74, 6) is 0.278. The van der Waals surface area contributed by atoms with Crippen molar-refractivity contribution in [1.82, 2.24) is 0 Å². The molecule has 1 saturated heterocycles. The fraction of sp³-hybridized carbons (Fsp3) is 0.533. The molecule has 0 saturated carbocycles. The maximum atomic E-state index is 11.7. The number of hydrogen-bond acceptors (Lipinski definition) is 3. The van der Waals surface area contributed by atoms with Crippen LogP contribution in [0.3, 0.4) is 0 Å². The monoisotopic (exact) mass is 248 g/mol. The number of esters is 1. The molecule has 1 aromatic rings. The van der Waals surface area contributed by atoms with Crippen molar-refractivity contribution in [2.24, 2.45) is 0 Å². The number of rotatable bonds is 6. The van der Waals surface area contributed by atoms with Gasteiger partial charge in [-0.3, -0.25) is 0 Å². The highest BCUT2D eigenvalue weighted by Crippen LogP contribution is 2.21. The van der Waals surface area contributed by atoms with Gasteiger partial charge in [-0.15, -0.1) is 0 Å². The zero-order valence-electron chi connectivity index (χ0n) is 11.0. The van der Waals surface area contributed by atoms with Crippen molar-refractivity contribution in [3.63, 3.8) is 0 Å². The number of ether oxygens (including phenoxy) is 2. The maximum Gasteiger partial charge on any atom is 0.338 e. The summed E-state index contributed by atoms with van der Waals surface area (Å²) in [4.78, 5) is 11.7. The van der Waals surface area contributed by atoms with Crippen LogP contribution >= 0.6 is 0 Å². The van der Waals surface area contributed by atoms with Gasteiger partial charge in [0.2, 0.25) is 0 Å². The summed E-state index contributed by atoms with van der Waals surface area (Å²) >= 11 is 0. The third-order valence-electron chi connectivity index (χ3n) is 3.24. The molecule has 1 aliphatic heterocycles. The van der Waals surface area contributed by atoms with E-state index in [1.54, 1.807) is 0 Å². The summed E-state index contributed by atoms with van der Waals surface area (Å²) < 4.78 is 10.1. The third-order valence-corrected chi connectivity index (χ3v) is 3.24. The number of carbonyl (C=O) groups excluding carboxylic acids is 1. The van der Waals surface area contributed by atoms with E-state index in [9.17, 15) is 4.79 Å². The van der Waals surface area contributed by atoms with Crippen molar-refractivity contribution < 1.29 is 14.3 Å². The lowest BCUT2D eigenvalue weighted by Gasteiger charge is -2.11. The minimum Gasteiger partial charge on any atom is -0.459 e. The van der Waals surface area contributed by atoms with Crippen LogP contribution in [0.2, 0.25) is 0 Å². The molecule has 2 rings (SSSR count). The number of hydrogen-bond donors (Lipinski definition) is 0. The van der Waals surface area contributed by atoms with Crippen molar-refractivity contribution in [1.29, 1.82) is 0 Å². The van der Waals surface area contributed by atoms with Gasteiger partial charge >= 0.3 is 5.97 Å². The minimum absolute atomic E-state index is 0.123. The number of epoxide rings is 1. The Bertz CT molecular complexity index is 393. The molecule has 0 N–H and O–H groups in total. The van der Waals surface area contributed by atoms with Gasteiger partial charge in [0.05, 0.1) is 12.2 Å². The van der Waals surface area contributed by atoms with Gasteiger partial charge in [0, 0.05) is 0 Å². The summed E-state index contributed by atoms with van der Waals surface area (Å²) in [6, 6.07) is 7.73. The minimum atomic E-state index is -0.264. The zero-order valence-corrected chi connectivity index (χ0v) is 11.0. The molecule has 0 spiro atoms. The molecule has 1 fully saturated rings. The zero-order chi connectivity index (χ0) is 13.0. The molecule has 1 heterocycles. The Kier molecular flexibility index (Phi) is 4.37. The van der Waals surface area contributed by atoms with Gasteiger partial charge < -0.3 is 9.47 Å². The van der Waals surface area contributed by atoms with Crippen LogP contribution in [0.1, 0.15) is 48.5 Å². The summed E-state index contributed by atoms with van der Waals surface area (Å²) in [6.45, 7) is 5.47. The van der Waals surface area contributed by atoms with E-state index in [1.165, 1.54) is 18.4 Å². The smallest absolute Gasteiger partial charge is 0.338 e. The van der Waals surface area contributed by atoms with Gasteiger partial charge in [0.15, 0.2) is 0 Å². The molecule has 0 bridgehead atoms. The molecule has 2 unspecified atom stereocenters. The van der Waals surface area contributed by atoms with E-state index < -0.39 is 0 Å². The SMILES string of the molecule is CCCC(C)c1ccc(C(=O)OCC2CO2)cc1. The lowest BCUT2D eigenvalue weighted by atomic mass is 9.96. The average Bonchev–Trinajstić information content (AvgIpc) is 3.20. The van der Waals surface area contributed by atoms with Crippen LogP contribution < -0.4 is 0 Å². The van der Waals surface area contributed by atoms with E-state index in [1.807, 2.05) is 24.3 Å². The normalized spacial score (nSPS) is 19.3. The summed E-state index contributed by atoms with van der Waals surface area (Å²) in [5.41, 5.74) is 1.89. The standard InChI is InChI=1S/C15H20O3/c1-3-4-11(2)12-5-7-13(8-6-12)15(16)18-10-14-9-17-14/h5-8,11,14H,3-4,9-10H2,1-2H3. The van der Waals surface area contributed by atoms with Crippen LogP contribution in [0.15, 0.2) is 24.3 Å². The van der Waals surface area contributed by atoms with E-state index in [0.29, 0.717) is 24.7 Å². The first-order valence-corrected chi connectivity index (χ1v) is 6.59. The second-order valence-electron chi connectivity index (χ2n) is 4.87. The first-order valence-electron chi connectivity index (χ1n) is 6.59. The van der Waals surface area contributed by atoms with Crippen molar-refractivity contribution in [3.8, 4) is 0 Å². The Hall–Kier alpha value is -1.35. The topological polar surface area (TPSA) is 38.8 Å². The molecule has 2 atom stereocenters. The van der Waals surface area contributed by atoms with E-state index in [0.717, 1.165) is 0 Å². The van der Waals surface area contributed by atoms with Crippen LogP contribution in [0, 0.1) is 0 Å². The Morgan fingerprint density at radius 3 is 2.67 bits per heavy atom. The highest BCUT2D eigenvalue weighted by atomic mass is 16.6. The van der Waals surface area contributed by atoms with Crippen molar-refractivity contribution in [3.05, 3.63) is 35.4 Å². The van der Waals surface area contributed by atoms with E-state index in [2.05, 4.69) is 13.8 Å². The summed E-state index contributed by atoms with van der Waals surface area (Å²) in [6.07, 6.45) is 2.47. The lowest BCUT2D eigenvalue weighted by molar-refractivity contribution is 0.0476. The molecule has 0 aliphatic carbocycles. The molecule has 3 nitrogen and oxygen atoms in total. The maximum absolute atomic E-state index is 11.7. The lowest BCUT2D eigenvalue weighted by Crippen LogP contribution is -2.10. The van der Waals surface area contributed by atoms with Gasteiger partial charge in [-0.05, 0) is 30.0 Å². The Balaban J connectivity index is 1.91. The molecule has 0 radical (unpaired) electrons. The van der Waals surface area contributed by atoms with Crippen molar-refractivity contribution in [2.75, 3.05) is 13.2 Å². The molecule has 3 heteroatoms. The first-order chi connectivity index (χ1) is 8.70. The number of carbonyl (C=O) groups is 1. The molecular weight excluding hydrogens is 228 g/mol. The van der Waals surface area contributed by atoms with Crippen LogP contribution in [0.4, 0.5) is 0 Å². The summed E-state index contributed by atoms with van der Waals surface area (Å²) in [5, 5.41) is 0. The van der Waals surface area contributed by atoms with E-state index >= 15 is 0 Å². The average molecular weight is 248 g/mol. The van der Waals surface area contributed by atoms with Gasteiger partial charge in [0.1, 0.15) is 12.7 Å². The van der Waals surface area contributed by atoms with E-state index in [-0.39, 0.29) is 12.1 Å². The first kappa shape index (κ1) is 13.1. The highest BCUT2D eigenvalue weighted by molar-refractivity contribution is 5.89. The molecule has 98 valence electrons. The largest absolute Gasteiger partial charge is 0.459 e. The molecule has 0 aromatic heterocycles. The van der Waals surface area contributed by atoms with Gasteiger partial charge in [-0.2, -0.15) is 0 Å². The van der Waals surface area contributed by atoms with Crippen molar-refractivity contribution in [2.45, 2.75) is 38.7 Å². The Morgan fingerprint density at radius 1 is 1.44 bits per heavy atom. The van der Waals surface area contributed by atoms with Crippen molar-refractivity contribution >= 4 is 5.97 Å². The highest BCUT2D eigenvalue weighted by Gasteiger charge is 2.24. The predicted molar refractivity (Wildman–Crippen MR) is 69.8 cm³/mol. The van der Waals surface area contributed by atoms with Crippen LogP contribution in [-0.4, -0.2) is 25.3 Å². The van der Waals surface area contributed by atoms with Crippen LogP contribution in [-0.2, 0) is 9.47 Å². The molecule has 18 heavy (non-hydrogen) atoms. The van der Waals surface area contributed by atoms with Gasteiger partial charge in [0.25, 0.3) is 0 Å². The van der Waals surface area contributed by atoms with Gasteiger partial charge in [-0.25, -0.2) is 4.79 Å². The second kappa shape index (κ2) is 6.01. The third kappa shape index (κ3) is 3.57. The van der Waals surface area contributed by atoms with Crippen LogP contribution in [0.25, 0.3) is 0 Å². The molecule has 1 aliphatic rings. The fourth-order valence-corrected chi connectivity index (χ4v) is 1.96. The number of benzene rings is 1. The second-order valence-corrected chi connectivity index (χ2v) is 4.87. The fourth-order valence-electron chi connectivity index (χ4n) is 1.96. The van der Waals surface area contributed by atoms with Crippen LogP contribution in [0.5, 0.6) is 0 Å².